The molecule has 0 aliphatic carbocycles. The summed E-state index contributed by atoms with van der Waals surface area (Å²) in [5.41, 5.74) is 1.84. The first kappa shape index (κ1) is 20.1. The van der Waals surface area contributed by atoms with E-state index in [1.165, 1.54) is 11.8 Å². The zero-order valence-corrected chi connectivity index (χ0v) is 18.3. The molecular weight excluding hydrogens is 406 g/mol. The van der Waals surface area contributed by atoms with Crippen LogP contribution in [-0.4, -0.2) is 69.2 Å². The number of rotatable bonds is 3. The van der Waals surface area contributed by atoms with Gasteiger partial charge in [0.15, 0.2) is 0 Å². The van der Waals surface area contributed by atoms with Crippen molar-refractivity contribution in [3.05, 3.63) is 44.7 Å². The van der Waals surface area contributed by atoms with Crippen LogP contribution >= 0.6 is 24.0 Å². The Morgan fingerprint density at radius 2 is 1.97 bits per heavy atom. The molecule has 1 amide bonds. The van der Waals surface area contributed by atoms with Gasteiger partial charge in [0.25, 0.3) is 11.5 Å². The molecule has 2 aliphatic rings. The number of thiocarbonyl (C=S) groups is 1. The number of carbonyl (C=O) groups is 1. The molecule has 2 fully saturated rings. The van der Waals surface area contributed by atoms with Crippen LogP contribution in [0.5, 0.6) is 0 Å². The minimum absolute atomic E-state index is 0.152. The molecule has 0 unspecified atom stereocenters. The maximum absolute atomic E-state index is 13.4. The Balaban J connectivity index is 1.90. The van der Waals surface area contributed by atoms with Gasteiger partial charge in [-0.25, -0.2) is 4.98 Å². The van der Waals surface area contributed by atoms with E-state index in [1.54, 1.807) is 21.6 Å². The van der Waals surface area contributed by atoms with Gasteiger partial charge in [-0.05, 0) is 38.6 Å². The molecule has 2 aromatic heterocycles. The highest BCUT2D eigenvalue weighted by molar-refractivity contribution is 8.26. The first-order valence-electron chi connectivity index (χ1n) is 9.61. The second-order valence-corrected chi connectivity index (χ2v) is 8.93. The minimum atomic E-state index is -0.172. The molecule has 0 atom stereocenters. The lowest BCUT2D eigenvalue weighted by atomic mass is 10.2. The SMILES string of the molecule is CCN1C(=O)C(=Cc2c(N3CCN(C)CC3)nc3c(C)cccn3c2=O)SC1=S. The molecule has 0 N–H and O–H groups in total. The largest absolute Gasteiger partial charge is 0.353 e. The summed E-state index contributed by atoms with van der Waals surface area (Å²) < 4.78 is 2.08. The molecule has 2 saturated heterocycles. The van der Waals surface area contributed by atoms with Crippen LogP contribution in [0.4, 0.5) is 5.82 Å². The van der Waals surface area contributed by atoms with Gasteiger partial charge in [0.1, 0.15) is 15.8 Å². The number of amides is 1. The molecule has 0 bridgehead atoms. The first-order chi connectivity index (χ1) is 13.9. The smallest absolute Gasteiger partial charge is 0.267 e. The van der Waals surface area contributed by atoms with Crippen LogP contribution < -0.4 is 10.5 Å². The predicted octanol–water partition coefficient (Wildman–Crippen LogP) is 1.98. The summed E-state index contributed by atoms with van der Waals surface area (Å²) in [6, 6.07) is 3.78. The van der Waals surface area contributed by atoms with Crippen molar-refractivity contribution >= 4 is 51.7 Å². The van der Waals surface area contributed by atoms with Crippen molar-refractivity contribution in [1.82, 2.24) is 19.2 Å². The fraction of sp³-hybridized carbons (Fsp3) is 0.400. The molecule has 4 rings (SSSR count). The van der Waals surface area contributed by atoms with Crippen molar-refractivity contribution in [2.24, 2.45) is 0 Å². The average molecular weight is 430 g/mol. The number of piperazine rings is 1. The van der Waals surface area contributed by atoms with Crippen molar-refractivity contribution in [3.63, 3.8) is 0 Å². The van der Waals surface area contributed by atoms with E-state index in [-0.39, 0.29) is 11.5 Å². The van der Waals surface area contributed by atoms with Crippen LogP contribution in [0.3, 0.4) is 0 Å². The molecular formula is C20H23N5O2S2. The van der Waals surface area contributed by atoms with E-state index in [4.69, 9.17) is 17.2 Å². The molecule has 2 aromatic rings. The fourth-order valence-electron chi connectivity index (χ4n) is 3.59. The molecule has 29 heavy (non-hydrogen) atoms. The van der Waals surface area contributed by atoms with Crippen molar-refractivity contribution in [3.8, 4) is 0 Å². The minimum Gasteiger partial charge on any atom is -0.353 e. The zero-order chi connectivity index (χ0) is 20.7. The van der Waals surface area contributed by atoms with E-state index in [0.717, 1.165) is 31.7 Å². The topological polar surface area (TPSA) is 61.2 Å². The Bertz CT molecular complexity index is 1090. The number of fused-ring (bicyclic) bond motifs is 1. The summed E-state index contributed by atoms with van der Waals surface area (Å²) in [7, 11) is 2.08. The molecule has 0 saturated carbocycles. The van der Waals surface area contributed by atoms with Gasteiger partial charge in [0.05, 0.1) is 10.5 Å². The maximum Gasteiger partial charge on any atom is 0.267 e. The third-order valence-electron chi connectivity index (χ3n) is 5.33. The van der Waals surface area contributed by atoms with E-state index >= 15 is 0 Å². The summed E-state index contributed by atoms with van der Waals surface area (Å²) in [6.07, 6.45) is 3.40. The molecule has 7 nitrogen and oxygen atoms in total. The standard InChI is InChI=1S/C20H23N5O2S2/c1-4-24-19(27)15(29-20(24)28)12-14-17(23-10-8-22(3)9-11-23)21-16-13(2)6-5-7-25(16)18(14)26/h5-7,12H,4,8-11H2,1-3H3. The van der Waals surface area contributed by atoms with Gasteiger partial charge in [-0.15, -0.1) is 0 Å². The number of pyridine rings is 1. The van der Waals surface area contributed by atoms with E-state index in [2.05, 4.69) is 16.8 Å². The number of hydrogen-bond donors (Lipinski definition) is 0. The lowest BCUT2D eigenvalue weighted by molar-refractivity contribution is -0.121. The molecule has 0 radical (unpaired) electrons. The third kappa shape index (κ3) is 3.58. The molecule has 9 heteroatoms. The summed E-state index contributed by atoms with van der Waals surface area (Å²) in [6.45, 7) is 7.70. The number of aryl methyl sites for hydroxylation is 1. The zero-order valence-electron chi connectivity index (χ0n) is 16.7. The number of nitrogens with zero attached hydrogens (tertiary/aromatic N) is 5. The van der Waals surface area contributed by atoms with E-state index in [9.17, 15) is 9.59 Å². The highest BCUT2D eigenvalue weighted by Crippen LogP contribution is 2.33. The monoisotopic (exact) mass is 429 g/mol. The fourth-order valence-corrected chi connectivity index (χ4v) is 4.96. The van der Waals surface area contributed by atoms with Gasteiger partial charge in [-0.3, -0.25) is 18.9 Å². The van der Waals surface area contributed by atoms with Gasteiger partial charge < -0.3 is 9.80 Å². The number of likely N-dealkylation sites (N-methyl/N-ethyl adjacent to an activating group) is 2. The second kappa shape index (κ2) is 7.89. The lowest BCUT2D eigenvalue weighted by Gasteiger charge is -2.34. The maximum atomic E-state index is 13.4. The number of hydrogen-bond acceptors (Lipinski definition) is 7. The Morgan fingerprint density at radius 1 is 1.24 bits per heavy atom. The predicted molar refractivity (Wildman–Crippen MR) is 121 cm³/mol. The number of aromatic nitrogens is 2. The number of thioether (sulfide) groups is 1. The average Bonchev–Trinajstić information content (AvgIpc) is 2.97. The van der Waals surface area contributed by atoms with Gasteiger partial charge in [-0.2, -0.15) is 0 Å². The highest BCUT2D eigenvalue weighted by atomic mass is 32.2. The van der Waals surface area contributed by atoms with Crippen LogP contribution in [0, 0.1) is 6.92 Å². The Labute approximate surface area is 179 Å². The Hall–Kier alpha value is -2.23. The van der Waals surface area contributed by atoms with Crippen molar-refractivity contribution in [1.29, 1.82) is 0 Å². The lowest BCUT2D eigenvalue weighted by Crippen LogP contribution is -2.45. The summed E-state index contributed by atoms with van der Waals surface area (Å²) >= 11 is 6.56. The number of carbonyl (C=O) groups excluding carboxylic acids is 1. The second-order valence-electron chi connectivity index (χ2n) is 7.26. The number of anilines is 1. The normalized spacial score (nSPS) is 19.8. The van der Waals surface area contributed by atoms with Gasteiger partial charge in [-0.1, -0.05) is 30.0 Å². The van der Waals surface area contributed by atoms with Crippen LogP contribution in [0.25, 0.3) is 11.7 Å². The van der Waals surface area contributed by atoms with E-state index < -0.39 is 0 Å². The van der Waals surface area contributed by atoms with Gasteiger partial charge in [0.2, 0.25) is 0 Å². The van der Waals surface area contributed by atoms with Crippen molar-refractivity contribution < 1.29 is 4.79 Å². The quantitative estimate of drug-likeness (QED) is 0.546. The van der Waals surface area contributed by atoms with Crippen molar-refractivity contribution in [2.75, 3.05) is 44.7 Å². The van der Waals surface area contributed by atoms with E-state index in [0.29, 0.717) is 32.8 Å². The van der Waals surface area contributed by atoms with Gasteiger partial charge >= 0.3 is 0 Å². The first-order valence-corrected chi connectivity index (χ1v) is 10.8. The van der Waals surface area contributed by atoms with Crippen LogP contribution in [0.1, 0.15) is 18.1 Å². The van der Waals surface area contributed by atoms with Crippen LogP contribution in [-0.2, 0) is 4.79 Å². The summed E-state index contributed by atoms with van der Waals surface area (Å²) in [5, 5.41) is 0. The highest BCUT2D eigenvalue weighted by Gasteiger charge is 2.32. The van der Waals surface area contributed by atoms with Crippen LogP contribution in [0.2, 0.25) is 0 Å². The van der Waals surface area contributed by atoms with Crippen molar-refractivity contribution in [2.45, 2.75) is 13.8 Å². The third-order valence-corrected chi connectivity index (χ3v) is 6.71. The molecule has 152 valence electrons. The molecule has 0 aromatic carbocycles. The summed E-state index contributed by atoms with van der Waals surface area (Å²) in [4.78, 5) is 37.4. The molecule has 2 aliphatic heterocycles. The molecule has 0 spiro atoms. The van der Waals surface area contributed by atoms with Crippen LogP contribution in [0.15, 0.2) is 28.0 Å². The van der Waals surface area contributed by atoms with E-state index in [1.807, 2.05) is 26.0 Å². The summed E-state index contributed by atoms with van der Waals surface area (Å²) in [5.74, 6) is 0.486. The van der Waals surface area contributed by atoms with Gasteiger partial charge in [0, 0.05) is 38.9 Å². The molecule has 4 heterocycles. The Morgan fingerprint density at radius 3 is 2.62 bits per heavy atom. The Kier molecular flexibility index (Phi) is 5.46.